The predicted molar refractivity (Wildman–Crippen MR) is 117 cm³/mol. The molecule has 0 saturated heterocycles. The summed E-state index contributed by atoms with van der Waals surface area (Å²) < 4.78 is 18.8. The number of alkyl halides is 1. The van der Waals surface area contributed by atoms with E-state index in [9.17, 15) is 23.9 Å². The molecule has 0 aromatic heterocycles. The molecule has 2 aromatic carbocycles. The maximum Gasteiger partial charge on any atom is 0.407 e. The molecule has 32 heavy (non-hydrogen) atoms. The van der Waals surface area contributed by atoms with Crippen LogP contribution in [0.5, 0.6) is 0 Å². The number of aliphatic carboxylic acids is 1. The lowest BCUT2D eigenvalue weighted by atomic mass is 9.98. The molecule has 1 aliphatic rings. The molecule has 2 atom stereocenters. The van der Waals surface area contributed by atoms with Crippen LogP contribution in [0.4, 0.5) is 9.18 Å². The van der Waals surface area contributed by atoms with Gasteiger partial charge in [0.05, 0.1) is 0 Å². The molecule has 3 N–H and O–H groups in total. The first-order valence-corrected chi connectivity index (χ1v) is 10.5. The van der Waals surface area contributed by atoms with Crippen LogP contribution in [0.25, 0.3) is 11.1 Å². The fraction of sp³-hybridized carbons (Fsp3) is 0.375. The van der Waals surface area contributed by atoms with Crippen LogP contribution in [0.2, 0.25) is 0 Å². The number of hydrogen-bond acceptors (Lipinski definition) is 4. The minimum Gasteiger partial charge on any atom is -0.480 e. The topological polar surface area (TPSA) is 105 Å². The van der Waals surface area contributed by atoms with Crippen molar-refractivity contribution in [3.8, 4) is 11.1 Å². The van der Waals surface area contributed by atoms with Crippen LogP contribution >= 0.6 is 0 Å². The number of carbonyl (C=O) groups is 3. The average molecular weight is 442 g/mol. The average Bonchev–Trinajstić information content (AvgIpc) is 3.09. The van der Waals surface area contributed by atoms with E-state index in [4.69, 9.17) is 4.74 Å². The van der Waals surface area contributed by atoms with Crippen molar-refractivity contribution in [3.63, 3.8) is 0 Å². The summed E-state index contributed by atoms with van der Waals surface area (Å²) in [5.74, 6) is -2.29. The number of halogens is 1. The van der Waals surface area contributed by atoms with Crippen molar-refractivity contribution in [2.24, 2.45) is 5.92 Å². The molecule has 1 aliphatic carbocycles. The zero-order chi connectivity index (χ0) is 23.3. The first-order chi connectivity index (χ1) is 15.3. The summed E-state index contributed by atoms with van der Waals surface area (Å²) >= 11 is 0. The minimum atomic E-state index is -1.54. The van der Waals surface area contributed by atoms with Crippen LogP contribution in [0, 0.1) is 5.92 Å². The number of carbonyl (C=O) groups excluding carboxylic acids is 2. The van der Waals surface area contributed by atoms with Crippen molar-refractivity contribution in [2.45, 2.75) is 38.3 Å². The molecule has 8 heteroatoms. The number of carboxylic acids is 1. The first kappa shape index (κ1) is 23.2. The second-order valence-corrected chi connectivity index (χ2v) is 8.21. The Hall–Kier alpha value is -3.42. The third kappa shape index (κ3) is 5.25. The number of benzene rings is 2. The van der Waals surface area contributed by atoms with Crippen molar-refractivity contribution in [1.82, 2.24) is 10.6 Å². The summed E-state index contributed by atoms with van der Waals surface area (Å²) in [4.78, 5) is 35.9. The lowest BCUT2D eigenvalue weighted by Gasteiger charge is -2.21. The zero-order valence-electron chi connectivity index (χ0n) is 18.0. The first-order valence-electron chi connectivity index (χ1n) is 10.5. The Balaban J connectivity index is 1.61. The van der Waals surface area contributed by atoms with Gasteiger partial charge >= 0.3 is 12.1 Å². The summed E-state index contributed by atoms with van der Waals surface area (Å²) in [6, 6.07) is 13.0. The predicted octanol–water partition coefficient (Wildman–Crippen LogP) is 3.48. The maximum atomic E-state index is 13.4. The molecule has 0 aliphatic heterocycles. The van der Waals surface area contributed by atoms with Gasteiger partial charge in [0.2, 0.25) is 5.91 Å². The molecule has 0 unspecified atom stereocenters. The van der Waals surface area contributed by atoms with E-state index in [1.807, 2.05) is 62.4 Å². The van der Waals surface area contributed by atoms with Gasteiger partial charge in [0.15, 0.2) is 0 Å². The van der Waals surface area contributed by atoms with Crippen LogP contribution in [0.3, 0.4) is 0 Å². The van der Waals surface area contributed by atoms with E-state index in [0.717, 1.165) is 22.3 Å². The lowest BCUT2D eigenvalue weighted by Crippen LogP contribution is -2.53. The van der Waals surface area contributed by atoms with Gasteiger partial charge in [-0.05, 0) is 34.6 Å². The minimum absolute atomic E-state index is 0.00955. The summed E-state index contributed by atoms with van der Waals surface area (Å²) in [5.41, 5.74) is 4.20. The van der Waals surface area contributed by atoms with E-state index < -0.39 is 36.7 Å². The number of carboxylic acid groups (broad SMARTS) is 1. The number of rotatable bonds is 9. The largest absolute Gasteiger partial charge is 0.480 e. The molecule has 0 fully saturated rings. The van der Waals surface area contributed by atoms with Gasteiger partial charge in [-0.3, -0.25) is 4.79 Å². The highest BCUT2D eigenvalue weighted by molar-refractivity contribution is 5.89. The van der Waals surface area contributed by atoms with Gasteiger partial charge in [-0.25, -0.2) is 14.0 Å². The van der Waals surface area contributed by atoms with Gasteiger partial charge in [-0.2, -0.15) is 0 Å². The van der Waals surface area contributed by atoms with Crippen LogP contribution in [0.15, 0.2) is 48.5 Å². The van der Waals surface area contributed by atoms with E-state index in [0.29, 0.717) is 0 Å². The van der Waals surface area contributed by atoms with Crippen molar-refractivity contribution in [1.29, 1.82) is 0 Å². The molecular weight excluding hydrogens is 415 g/mol. The molecule has 2 aromatic rings. The number of ether oxygens (including phenoxy) is 1. The molecule has 0 heterocycles. The highest BCUT2D eigenvalue weighted by Crippen LogP contribution is 2.44. The number of nitrogens with one attached hydrogen (secondary N) is 2. The number of hydrogen-bond donors (Lipinski definition) is 3. The maximum absolute atomic E-state index is 13.4. The van der Waals surface area contributed by atoms with Gasteiger partial charge in [-0.1, -0.05) is 62.4 Å². The van der Waals surface area contributed by atoms with Crippen LogP contribution in [0.1, 0.15) is 37.3 Å². The molecular formula is C24H27FN2O5. The van der Waals surface area contributed by atoms with Gasteiger partial charge in [0.1, 0.15) is 25.4 Å². The smallest absolute Gasteiger partial charge is 0.407 e. The molecule has 0 bridgehead atoms. The van der Waals surface area contributed by atoms with Gasteiger partial charge in [-0.15, -0.1) is 0 Å². The number of alkyl carbamates (subject to hydrolysis) is 1. The molecule has 2 amide bonds. The zero-order valence-corrected chi connectivity index (χ0v) is 18.0. The normalized spacial score (nSPS) is 14.2. The summed E-state index contributed by atoms with van der Waals surface area (Å²) in [7, 11) is 0. The standard InChI is InChI=1S/C24H27FN2O5/c1-14(2)11-20(23(29)30)26-22(28)21(12-25)27-24(31)32-13-19-17-9-5-3-7-15(17)16-8-4-6-10-18(16)19/h3-10,14,19-21H,11-13H2,1-2H3,(H,26,28)(H,27,31)(H,29,30)/t20-,21-/m0/s1. The monoisotopic (exact) mass is 442 g/mol. The number of fused-ring (bicyclic) bond motifs is 3. The third-order valence-electron chi connectivity index (χ3n) is 5.43. The molecule has 7 nitrogen and oxygen atoms in total. The molecule has 0 saturated carbocycles. The summed E-state index contributed by atoms with van der Waals surface area (Å²) in [6.07, 6.45) is -0.759. The van der Waals surface area contributed by atoms with E-state index in [2.05, 4.69) is 10.6 Å². The molecule has 3 rings (SSSR count). The second kappa shape index (κ2) is 10.3. The van der Waals surface area contributed by atoms with E-state index in [-0.39, 0.29) is 24.9 Å². The van der Waals surface area contributed by atoms with Gasteiger partial charge in [0.25, 0.3) is 0 Å². The quantitative estimate of drug-likeness (QED) is 0.552. The Morgan fingerprint density at radius 2 is 1.53 bits per heavy atom. The summed E-state index contributed by atoms with van der Waals surface area (Å²) in [5, 5.41) is 13.7. The van der Waals surface area contributed by atoms with Crippen LogP contribution in [-0.4, -0.2) is 48.4 Å². The van der Waals surface area contributed by atoms with Gasteiger partial charge in [0, 0.05) is 5.92 Å². The molecule has 0 radical (unpaired) electrons. The van der Waals surface area contributed by atoms with Crippen molar-refractivity contribution in [3.05, 3.63) is 59.7 Å². The van der Waals surface area contributed by atoms with E-state index in [1.54, 1.807) is 0 Å². The van der Waals surface area contributed by atoms with Crippen LogP contribution < -0.4 is 10.6 Å². The highest BCUT2D eigenvalue weighted by atomic mass is 19.1. The number of amides is 2. The Labute approximate surface area is 186 Å². The fourth-order valence-corrected chi connectivity index (χ4v) is 3.92. The summed E-state index contributed by atoms with van der Waals surface area (Å²) in [6.45, 7) is 2.45. The lowest BCUT2D eigenvalue weighted by molar-refractivity contribution is -0.142. The molecule has 170 valence electrons. The Morgan fingerprint density at radius 3 is 2.03 bits per heavy atom. The highest BCUT2D eigenvalue weighted by Gasteiger charge is 2.30. The second-order valence-electron chi connectivity index (χ2n) is 8.21. The SMILES string of the molecule is CC(C)C[C@H](NC(=O)[C@H](CF)NC(=O)OCC1c2ccccc2-c2ccccc21)C(=O)O. The molecule has 0 spiro atoms. The fourth-order valence-electron chi connectivity index (χ4n) is 3.92. The van der Waals surface area contributed by atoms with Crippen LogP contribution in [-0.2, 0) is 14.3 Å². The van der Waals surface area contributed by atoms with E-state index >= 15 is 0 Å². The van der Waals surface area contributed by atoms with Crippen molar-refractivity contribution >= 4 is 18.0 Å². The van der Waals surface area contributed by atoms with Crippen molar-refractivity contribution < 1.29 is 28.6 Å². The van der Waals surface area contributed by atoms with Crippen molar-refractivity contribution in [2.75, 3.05) is 13.3 Å². The Bertz CT molecular complexity index is 948. The third-order valence-corrected chi connectivity index (χ3v) is 5.43. The van der Waals surface area contributed by atoms with Gasteiger partial charge < -0.3 is 20.5 Å². The Morgan fingerprint density at radius 1 is 0.969 bits per heavy atom. The Kier molecular flexibility index (Phi) is 7.45. The van der Waals surface area contributed by atoms with E-state index in [1.165, 1.54) is 0 Å².